The Hall–Kier alpha value is -2.06. The molecular formula is C15H21N3O2. The van der Waals surface area contributed by atoms with Gasteiger partial charge < -0.3 is 15.8 Å². The maximum Gasteiger partial charge on any atom is 0.231 e. The van der Waals surface area contributed by atoms with Crippen molar-refractivity contribution in [2.24, 2.45) is 11.1 Å². The van der Waals surface area contributed by atoms with Crippen molar-refractivity contribution in [1.82, 2.24) is 0 Å². The number of carbonyl (C=O) groups excluding carboxylic acids is 1. The largest absolute Gasteiger partial charge is 0.495 e. The first-order chi connectivity index (χ1) is 9.13. The summed E-state index contributed by atoms with van der Waals surface area (Å²) in [7, 11) is 1.49. The van der Waals surface area contributed by atoms with Crippen LogP contribution in [0.4, 0.5) is 5.69 Å². The monoisotopic (exact) mass is 275 g/mol. The Morgan fingerprint density at radius 2 is 1.95 bits per heavy atom. The standard InChI is InChI=1S/C15H21N3O2/c1-14(2,15(3,4)17)13(19)18-11-7-6-10(9-16)8-12(11)20-5/h6-8H,17H2,1-5H3,(H,18,19). The molecule has 5 heteroatoms. The Kier molecular flexibility index (Phi) is 4.41. The molecular weight excluding hydrogens is 254 g/mol. The second-order valence-corrected chi connectivity index (χ2v) is 5.83. The summed E-state index contributed by atoms with van der Waals surface area (Å²) in [6.45, 7) is 7.20. The van der Waals surface area contributed by atoms with E-state index in [9.17, 15) is 4.79 Å². The molecule has 108 valence electrons. The molecule has 0 saturated carbocycles. The van der Waals surface area contributed by atoms with E-state index in [0.29, 0.717) is 17.0 Å². The summed E-state index contributed by atoms with van der Waals surface area (Å²) in [6.07, 6.45) is 0. The number of benzene rings is 1. The van der Waals surface area contributed by atoms with Crippen molar-refractivity contribution in [1.29, 1.82) is 5.26 Å². The number of hydrogen-bond donors (Lipinski definition) is 2. The number of nitrogens with zero attached hydrogens (tertiary/aromatic N) is 1. The lowest BCUT2D eigenvalue weighted by Gasteiger charge is -2.37. The van der Waals surface area contributed by atoms with Gasteiger partial charge in [-0.3, -0.25) is 4.79 Å². The first kappa shape index (κ1) is 16.0. The van der Waals surface area contributed by atoms with Crippen LogP contribution in [0.2, 0.25) is 0 Å². The molecule has 1 amide bonds. The number of ether oxygens (including phenoxy) is 1. The number of nitriles is 1. The van der Waals surface area contributed by atoms with Crippen molar-refractivity contribution in [3.05, 3.63) is 23.8 Å². The molecule has 0 radical (unpaired) electrons. The van der Waals surface area contributed by atoms with E-state index in [1.54, 1.807) is 32.0 Å². The van der Waals surface area contributed by atoms with Crippen LogP contribution in [0, 0.1) is 16.7 Å². The molecule has 1 rings (SSSR count). The smallest absolute Gasteiger partial charge is 0.231 e. The Labute approximate surface area is 119 Å². The molecule has 0 aromatic heterocycles. The van der Waals surface area contributed by atoms with Crippen molar-refractivity contribution >= 4 is 11.6 Å². The third-order valence-electron chi connectivity index (χ3n) is 3.76. The lowest BCUT2D eigenvalue weighted by molar-refractivity contribution is -0.126. The first-order valence-corrected chi connectivity index (χ1v) is 6.32. The Morgan fingerprint density at radius 1 is 1.35 bits per heavy atom. The van der Waals surface area contributed by atoms with Gasteiger partial charge in [-0.1, -0.05) is 0 Å². The molecule has 0 bridgehead atoms. The fourth-order valence-electron chi connectivity index (χ4n) is 1.44. The van der Waals surface area contributed by atoms with E-state index in [4.69, 9.17) is 15.7 Å². The molecule has 0 aliphatic heterocycles. The van der Waals surface area contributed by atoms with Gasteiger partial charge in [0.15, 0.2) is 0 Å². The number of carbonyl (C=O) groups is 1. The highest BCUT2D eigenvalue weighted by Crippen LogP contribution is 2.32. The van der Waals surface area contributed by atoms with Crippen LogP contribution in [-0.4, -0.2) is 18.6 Å². The van der Waals surface area contributed by atoms with Gasteiger partial charge in [-0.2, -0.15) is 5.26 Å². The molecule has 1 aromatic rings. The van der Waals surface area contributed by atoms with Crippen LogP contribution in [0.3, 0.4) is 0 Å². The predicted molar refractivity (Wildman–Crippen MR) is 78.4 cm³/mol. The molecule has 5 nitrogen and oxygen atoms in total. The second-order valence-electron chi connectivity index (χ2n) is 5.83. The van der Waals surface area contributed by atoms with Crippen LogP contribution >= 0.6 is 0 Å². The van der Waals surface area contributed by atoms with Gasteiger partial charge in [0.25, 0.3) is 0 Å². The van der Waals surface area contributed by atoms with Crippen LogP contribution in [0.15, 0.2) is 18.2 Å². The summed E-state index contributed by atoms with van der Waals surface area (Å²) in [4.78, 5) is 12.4. The van der Waals surface area contributed by atoms with E-state index in [1.165, 1.54) is 7.11 Å². The zero-order valence-electron chi connectivity index (χ0n) is 12.6. The molecule has 3 N–H and O–H groups in total. The number of anilines is 1. The number of hydrogen-bond acceptors (Lipinski definition) is 4. The van der Waals surface area contributed by atoms with E-state index in [1.807, 2.05) is 19.9 Å². The lowest BCUT2D eigenvalue weighted by atomic mass is 9.74. The fourth-order valence-corrected chi connectivity index (χ4v) is 1.44. The summed E-state index contributed by atoms with van der Waals surface area (Å²) < 4.78 is 5.19. The van der Waals surface area contributed by atoms with Crippen LogP contribution in [0.25, 0.3) is 0 Å². The van der Waals surface area contributed by atoms with Crippen molar-refractivity contribution in [2.45, 2.75) is 33.2 Å². The van der Waals surface area contributed by atoms with Gasteiger partial charge in [0.1, 0.15) is 5.75 Å². The van der Waals surface area contributed by atoms with Crippen LogP contribution in [0.1, 0.15) is 33.3 Å². The van der Waals surface area contributed by atoms with Crippen LogP contribution in [0.5, 0.6) is 5.75 Å². The summed E-state index contributed by atoms with van der Waals surface area (Å²) >= 11 is 0. The molecule has 1 aromatic carbocycles. The summed E-state index contributed by atoms with van der Waals surface area (Å²) in [6, 6.07) is 6.88. The summed E-state index contributed by atoms with van der Waals surface area (Å²) in [5.74, 6) is 0.246. The van der Waals surface area contributed by atoms with Gasteiger partial charge in [-0.05, 0) is 39.8 Å². The first-order valence-electron chi connectivity index (χ1n) is 6.32. The summed E-state index contributed by atoms with van der Waals surface area (Å²) in [5.41, 5.74) is 5.61. The molecule has 0 saturated heterocycles. The quantitative estimate of drug-likeness (QED) is 0.882. The van der Waals surface area contributed by atoms with Gasteiger partial charge in [-0.15, -0.1) is 0 Å². The van der Waals surface area contributed by atoms with Gasteiger partial charge in [0.05, 0.1) is 29.8 Å². The highest BCUT2D eigenvalue weighted by atomic mass is 16.5. The molecule has 20 heavy (non-hydrogen) atoms. The highest BCUT2D eigenvalue weighted by Gasteiger charge is 2.40. The minimum atomic E-state index is -0.758. The molecule has 0 aliphatic carbocycles. The summed E-state index contributed by atoms with van der Waals surface area (Å²) in [5, 5.41) is 11.7. The third-order valence-corrected chi connectivity index (χ3v) is 3.76. The average Bonchev–Trinajstić information content (AvgIpc) is 2.37. The van der Waals surface area contributed by atoms with Crippen molar-refractivity contribution in [3.8, 4) is 11.8 Å². The van der Waals surface area contributed by atoms with Gasteiger partial charge in [0.2, 0.25) is 5.91 Å². The van der Waals surface area contributed by atoms with E-state index in [2.05, 4.69) is 5.32 Å². The number of rotatable bonds is 4. The lowest BCUT2D eigenvalue weighted by Crippen LogP contribution is -2.53. The Bertz CT molecular complexity index is 551. The molecule has 0 atom stereocenters. The Balaban J connectivity index is 3.06. The van der Waals surface area contributed by atoms with E-state index >= 15 is 0 Å². The second kappa shape index (κ2) is 5.51. The Morgan fingerprint density at radius 3 is 2.40 bits per heavy atom. The number of amides is 1. The number of nitrogens with two attached hydrogens (primary N) is 1. The molecule has 0 unspecified atom stereocenters. The maximum atomic E-state index is 12.4. The van der Waals surface area contributed by atoms with Crippen molar-refractivity contribution in [2.75, 3.05) is 12.4 Å². The predicted octanol–water partition coefficient (Wildman–Crippen LogP) is 2.27. The minimum Gasteiger partial charge on any atom is -0.495 e. The topological polar surface area (TPSA) is 88.1 Å². The van der Waals surface area contributed by atoms with Gasteiger partial charge in [-0.25, -0.2) is 0 Å². The fraction of sp³-hybridized carbons (Fsp3) is 0.467. The third kappa shape index (κ3) is 3.09. The molecule has 0 heterocycles. The van der Waals surface area contributed by atoms with E-state index < -0.39 is 11.0 Å². The van der Waals surface area contributed by atoms with E-state index in [0.717, 1.165) is 0 Å². The zero-order valence-corrected chi connectivity index (χ0v) is 12.6. The zero-order chi connectivity index (χ0) is 15.6. The van der Waals surface area contributed by atoms with Crippen molar-refractivity contribution < 1.29 is 9.53 Å². The molecule has 0 spiro atoms. The van der Waals surface area contributed by atoms with Gasteiger partial charge in [0, 0.05) is 11.6 Å². The van der Waals surface area contributed by atoms with Crippen LogP contribution < -0.4 is 15.8 Å². The van der Waals surface area contributed by atoms with Gasteiger partial charge >= 0.3 is 0 Å². The van der Waals surface area contributed by atoms with E-state index in [-0.39, 0.29) is 5.91 Å². The van der Waals surface area contributed by atoms with Crippen molar-refractivity contribution in [3.63, 3.8) is 0 Å². The minimum absolute atomic E-state index is 0.201. The normalized spacial score (nSPS) is 11.7. The molecule has 0 fully saturated rings. The number of methoxy groups -OCH3 is 1. The average molecular weight is 275 g/mol. The number of nitrogens with one attached hydrogen (secondary N) is 1. The molecule has 0 aliphatic rings. The maximum absolute atomic E-state index is 12.4. The SMILES string of the molecule is COc1cc(C#N)ccc1NC(=O)C(C)(C)C(C)(C)N. The van der Waals surface area contributed by atoms with Crippen LogP contribution in [-0.2, 0) is 4.79 Å². The highest BCUT2D eigenvalue weighted by molar-refractivity contribution is 5.97.